The normalized spacial score (nSPS) is 40.7. The molecule has 1 aliphatic heterocycles. The van der Waals surface area contributed by atoms with E-state index in [9.17, 15) is 10.0 Å². The highest BCUT2D eigenvalue weighted by molar-refractivity contribution is 5.74. The lowest BCUT2D eigenvalue weighted by Crippen LogP contribution is -2.53. The Morgan fingerprint density at radius 2 is 2.19 bits per heavy atom. The fraction of sp³-hybridized carbons (Fsp3) is 0.917. The predicted octanol–water partition coefficient (Wildman–Crippen LogP) is 2.13. The number of carbonyl (C=O) groups excluding carboxylic acids is 1. The second-order valence-electron chi connectivity index (χ2n) is 5.59. The van der Waals surface area contributed by atoms with Gasteiger partial charge in [0.25, 0.3) is 0 Å². The maximum atomic E-state index is 12.0. The summed E-state index contributed by atoms with van der Waals surface area (Å²) in [5.41, 5.74) is -0.858. The van der Waals surface area contributed by atoms with Crippen LogP contribution in [0, 0.1) is 23.0 Å². The number of hydroxylamine groups is 2. The zero-order valence-corrected chi connectivity index (χ0v) is 10.2. The maximum Gasteiger partial charge on any atom is 0.321 e. The smallest absolute Gasteiger partial charge is 0.321 e. The lowest BCUT2D eigenvalue weighted by molar-refractivity contribution is -0.176. The maximum absolute atomic E-state index is 12.0. The van der Waals surface area contributed by atoms with E-state index in [2.05, 4.69) is 20.8 Å². The summed E-state index contributed by atoms with van der Waals surface area (Å²) < 4.78 is 5.42. The molecule has 4 nitrogen and oxygen atoms in total. The largest absolute Gasteiger partial charge is 0.782 e. The number of rotatable bonds is 1. The third-order valence-electron chi connectivity index (χ3n) is 3.98. The molecule has 0 aromatic carbocycles. The van der Waals surface area contributed by atoms with Crippen molar-refractivity contribution in [3.8, 4) is 0 Å². The van der Waals surface area contributed by atoms with Crippen LogP contribution in [0.15, 0.2) is 0 Å². The summed E-state index contributed by atoms with van der Waals surface area (Å²) >= 11 is 0. The monoisotopic (exact) mass is 226 g/mol. The van der Waals surface area contributed by atoms with E-state index in [1.165, 1.54) is 0 Å². The van der Waals surface area contributed by atoms with Gasteiger partial charge in [-0.2, -0.15) is 0 Å². The second-order valence-corrected chi connectivity index (χ2v) is 5.59. The quantitative estimate of drug-likeness (QED) is 0.643. The Morgan fingerprint density at radius 3 is 2.69 bits per heavy atom. The molecule has 92 valence electrons. The molecule has 2 rings (SSSR count). The third-order valence-corrected chi connectivity index (χ3v) is 3.98. The van der Waals surface area contributed by atoms with Gasteiger partial charge in [-0.25, -0.2) is 0 Å². The lowest BCUT2D eigenvalue weighted by Gasteiger charge is -2.51. The van der Waals surface area contributed by atoms with Crippen molar-refractivity contribution in [1.29, 1.82) is 0 Å². The standard InChI is InChI=1S/C12H20NO3/c1-8(2)10-5-4-9(3)6-12(10)13(15)7-11(14)16-12/h8-10H,4-7H2,1-3H3/q-1/t9-,10+,12-/m1/s1. The molecular formula is C12H20NO3-. The van der Waals surface area contributed by atoms with Crippen LogP contribution < -0.4 is 0 Å². The second kappa shape index (κ2) is 4.00. The Bertz CT molecular complexity index is 292. The summed E-state index contributed by atoms with van der Waals surface area (Å²) in [4.78, 5) is 11.3. The molecule has 1 saturated heterocycles. The summed E-state index contributed by atoms with van der Waals surface area (Å²) in [6.45, 7) is 6.22. The average molecular weight is 226 g/mol. The van der Waals surface area contributed by atoms with Gasteiger partial charge in [0.05, 0.1) is 6.54 Å². The number of esters is 1. The minimum atomic E-state index is -0.858. The summed E-state index contributed by atoms with van der Waals surface area (Å²) in [6.07, 6.45) is 2.78. The molecule has 0 N–H and O–H groups in total. The SMILES string of the molecule is CC(C)[C@@H]1CC[C@@H](C)C[C@@]12OC(=O)CN2[O-]. The summed E-state index contributed by atoms with van der Waals surface area (Å²) in [5.74, 6) is 0.634. The van der Waals surface area contributed by atoms with Gasteiger partial charge in [0.15, 0.2) is 5.72 Å². The van der Waals surface area contributed by atoms with E-state index in [0.29, 0.717) is 18.3 Å². The van der Waals surface area contributed by atoms with E-state index in [-0.39, 0.29) is 18.4 Å². The molecule has 0 bridgehead atoms. The van der Waals surface area contributed by atoms with Gasteiger partial charge in [0, 0.05) is 12.3 Å². The molecule has 1 heterocycles. The molecule has 2 fully saturated rings. The van der Waals surface area contributed by atoms with Gasteiger partial charge >= 0.3 is 5.97 Å². The fourth-order valence-electron chi connectivity index (χ4n) is 3.23. The number of hydrogen-bond donors (Lipinski definition) is 0. The van der Waals surface area contributed by atoms with Crippen molar-refractivity contribution >= 4 is 5.97 Å². The molecule has 16 heavy (non-hydrogen) atoms. The molecule has 0 aromatic heterocycles. The van der Waals surface area contributed by atoms with Crippen molar-refractivity contribution < 1.29 is 9.53 Å². The van der Waals surface area contributed by atoms with Crippen LogP contribution in [0.2, 0.25) is 0 Å². The van der Waals surface area contributed by atoms with Crippen molar-refractivity contribution in [1.82, 2.24) is 5.06 Å². The molecule has 4 heteroatoms. The first kappa shape index (κ1) is 11.9. The van der Waals surface area contributed by atoms with E-state index < -0.39 is 5.72 Å². The molecule has 1 aliphatic carbocycles. The molecule has 3 atom stereocenters. The highest BCUT2D eigenvalue weighted by atomic mass is 16.7. The topological polar surface area (TPSA) is 52.6 Å². The molecular weight excluding hydrogens is 206 g/mol. The molecule has 1 saturated carbocycles. The number of nitrogens with zero attached hydrogens (tertiary/aromatic N) is 1. The highest BCUT2D eigenvalue weighted by Crippen LogP contribution is 2.47. The zero-order valence-electron chi connectivity index (χ0n) is 10.2. The van der Waals surface area contributed by atoms with E-state index in [1.807, 2.05) is 0 Å². The van der Waals surface area contributed by atoms with Gasteiger partial charge in [-0.3, -0.25) is 4.79 Å². The van der Waals surface area contributed by atoms with Crippen molar-refractivity contribution in [3.05, 3.63) is 5.21 Å². The van der Waals surface area contributed by atoms with Crippen molar-refractivity contribution in [3.63, 3.8) is 0 Å². The Morgan fingerprint density at radius 1 is 1.50 bits per heavy atom. The first-order valence-corrected chi connectivity index (χ1v) is 6.12. The minimum Gasteiger partial charge on any atom is -0.782 e. The summed E-state index contributed by atoms with van der Waals surface area (Å²) in [6, 6.07) is 0. The first-order chi connectivity index (χ1) is 7.45. The number of ether oxygens (including phenoxy) is 1. The number of carbonyl (C=O) groups is 1. The molecule has 0 radical (unpaired) electrons. The fourth-order valence-corrected chi connectivity index (χ4v) is 3.23. The Balaban J connectivity index is 2.28. The lowest BCUT2D eigenvalue weighted by atomic mass is 9.71. The molecule has 0 amide bonds. The van der Waals surface area contributed by atoms with Gasteiger partial charge in [0.2, 0.25) is 0 Å². The Hall–Kier alpha value is -0.610. The van der Waals surface area contributed by atoms with Crippen molar-refractivity contribution in [2.24, 2.45) is 17.8 Å². The van der Waals surface area contributed by atoms with E-state index >= 15 is 0 Å². The van der Waals surface area contributed by atoms with Crippen LogP contribution in [0.1, 0.15) is 40.0 Å². The van der Waals surface area contributed by atoms with Crippen molar-refractivity contribution in [2.45, 2.75) is 45.8 Å². The summed E-state index contributed by atoms with van der Waals surface area (Å²) in [5, 5.41) is 12.9. The number of hydrogen-bond acceptors (Lipinski definition) is 4. The Labute approximate surface area is 96.5 Å². The van der Waals surface area contributed by atoms with Crippen LogP contribution in [0.3, 0.4) is 0 Å². The van der Waals surface area contributed by atoms with Gasteiger partial charge < -0.3 is 15.0 Å². The van der Waals surface area contributed by atoms with Gasteiger partial charge in [-0.15, -0.1) is 0 Å². The van der Waals surface area contributed by atoms with Crippen molar-refractivity contribution in [2.75, 3.05) is 6.54 Å². The van der Waals surface area contributed by atoms with Crippen LogP contribution >= 0.6 is 0 Å². The van der Waals surface area contributed by atoms with Gasteiger partial charge in [-0.1, -0.05) is 27.2 Å². The van der Waals surface area contributed by atoms with E-state index in [1.54, 1.807) is 0 Å². The Kier molecular flexibility index (Phi) is 2.97. The third kappa shape index (κ3) is 1.74. The molecule has 1 spiro atoms. The van der Waals surface area contributed by atoms with Crippen LogP contribution in [0.4, 0.5) is 0 Å². The van der Waals surface area contributed by atoms with E-state index in [0.717, 1.165) is 17.9 Å². The molecule has 0 aromatic rings. The molecule has 2 aliphatic rings. The first-order valence-electron chi connectivity index (χ1n) is 6.12. The van der Waals surface area contributed by atoms with Crippen LogP contribution in [-0.2, 0) is 9.53 Å². The zero-order chi connectivity index (χ0) is 11.9. The minimum absolute atomic E-state index is 0.101. The van der Waals surface area contributed by atoms with Crippen LogP contribution in [0.25, 0.3) is 0 Å². The average Bonchev–Trinajstić information content (AvgIpc) is 2.41. The van der Waals surface area contributed by atoms with Gasteiger partial charge in [-0.05, 0) is 18.3 Å². The predicted molar refractivity (Wildman–Crippen MR) is 60.2 cm³/mol. The van der Waals surface area contributed by atoms with E-state index in [4.69, 9.17) is 4.74 Å². The molecule has 0 unspecified atom stereocenters. The van der Waals surface area contributed by atoms with Gasteiger partial charge in [0.1, 0.15) is 0 Å². The van der Waals surface area contributed by atoms with Crippen LogP contribution in [-0.4, -0.2) is 23.3 Å². The van der Waals surface area contributed by atoms with Crippen LogP contribution in [0.5, 0.6) is 0 Å². The highest BCUT2D eigenvalue weighted by Gasteiger charge is 2.52. The summed E-state index contributed by atoms with van der Waals surface area (Å²) in [7, 11) is 0.